The summed E-state index contributed by atoms with van der Waals surface area (Å²) in [4.78, 5) is 90.7. The molecule has 2 heterocycles. The lowest BCUT2D eigenvalue weighted by Crippen LogP contribution is -2.63. The monoisotopic (exact) mass is 879 g/mol. The van der Waals surface area contributed by atoms with E-state index in [1.54, 1.807) is 25.1 Å². The number of aliphatic hydroxyl groups excluding tert-OH is 2. The number of carbonyl (C=O) groups excluding carboxylic acids is 7. The maximum atomic E-state index is 13.9. The smallest absolute Gasteiger partial charge is 0.253 e. The second-order valence-corrected chi connectivity index (χ2v) is 19.4. The third-order valence-electron chi connectivity index (χ3n) is 14.6. The summed E-state index contributed by atoms with van der Waals surface area (Å²) < 4.78 is 13.4. The van der Waals surface area contributed by atoms with Crippen molar-refractivity contribution >= 4 is 58.4 Å². The van der Waals surface area contributed by atoms with Crippen molar-refractivity contribution in [2.24, 2.45) is 34.5 Å². The van der Waals surface area contributed by atoms with Gasteiger partial charge >= 0.3 is 0 Å². The van der Waals surface area contributed by atoms with Gasteiger partial charge in [-0.05, 0) is 86.9 Å². The van der Waals surface area contributed by atoms with Crippen molar-refractivity contribution in [3.63, 3.8) is 0 Å². The number of ketones is 3. The van der Waals surface area contributed by atoms with E-state index in [0.29, 0.717) is 24.1 Å². The molecule has 4 amide bonds. The van der Waals surface area contributed by atoms with Crippen LogP contribution in [0.1, 0.15) is 78.1 Å². The van der Waals surface area contributed by atoms with E-state index in [4.69, 9.17) is 9.47 Å². The number of benzene rings is 2. The van der Waals surface area contributed by atoms with E-state index in [0.717, 1.165) is 45.3 Å². The molecule has 8 rings (SSSR count). The Morgan fingerprint density at radius 3 is 2.43 bits per heavy atom. The van der Waals surface area contributed by atoms with Crippen molar-refractivity contribution in [3.8, 4) is 0 Å². The highest BCUT2D eigenvalue weighted by atomic mass is 32.2. The zero-order valence-corrected chi connectivity index (χ0v) is 36.5. The highest BCUT2D eigenvalue weighted by molar-refractivity contribution is 7.99. The fourth-order valence-corrected chi connectivity index (χ4v) is 12.3. The van der Waals surface area contributed by atoms with Crippen molar-refractivity contribution < 1.29 is 53.2 Å². The molecule has 2 aromatic carbocycles. The van der Waals surface area contributed by atoms with Crippen LogP contribution in [-0.2, 0) is 43.0 Å². The Kier molecular flexibility index (Phi) is 12.1. The summed E-state index contributed by atoms with van der Waals surface area (Å²) in [5, 5.41) is 27.7. The number of rotatable bonds is 14. The predicted molar refractivity (Wildman–Crippen MR) is 229 cm³/mol. The SMILES string of the molecule is C[C@H](CC(=O)[C@H](C)NC(=O)CCN1C(=O)C=CC1=O)C(=O)Nc1cccc(Sc2ccc([C@@H]3O[C@@H]4C[C@H]5[C@@H]6CCC7=CC(=O)C=C[C@]7(C)[C@H]6[C@@H](O)C[C@]5(C)[C@]4(C(=O)CO)O3)cc2)c1. The van der Waals surface area contributed by atoms with Gasteiger partial charge in [0.15, 0.2) is 29.2 Å². The number of hydrogen-bond acceptors (Lipinski definition) is 12. The molecule has 0 aromatic heterocycles. The molecule has 15 heteroatoms. The quantitative estimate of drug-likeness (QED) is 0.189. The van der Waals surface area contributed by atoms with E-state index >= 15 is 0 Å². The van der Waals surface area contributed by atoms with Crippen LogP contribution in [0.3, 0.4) is 0 Å². The number of aliphatic hydroxyl groups is 2. The molecule has 4 aliphatic carbocycles. The topological polar surface area (TPSA) is 206 Å². The first kappa shape index (κ1) is 44.5. The van der Waals surface area contributed by atoms with Gasteiger partial charge in [0.25, 0.3) is 11.8 Å². The normalized spacial score (nSPS) is 32.6. The van der Waals surface area contributed by atoms with Gasteiger partial charge in [-0.15, -0.1) is 0 Å². The first-order valence-corrected chi connectivity index (χ1v) is 22.4. The van der Waals surface area contributed by atoms with Gasteiger partial charge in [0.2, 0.25) is 11.8 Å². The largest absolute Gasteiger partial charge is 0.393 e. The predicted octanol–water partition coefficient (Wildman–Crippen LogP) is 4.79. The van der Waals surface area contributed by atoms with Crippen LogP contribution in [0.15, 0.2) is 94.3 Å². The van der Waals surface area contributed by atoms with E-state index in [2.05, 4.69) is 17.6 Å². The summed E-state index contributed by atoms with van der Waals surface area (Å²) in [7, 11) is 0. The molecule has 0 radical (unpaired) electrons. The summed E-state index contributed by atoms with van der Waals surface area (Å²) >= 11 is 1.46. The van der Waals surface area contributed by atoms with Gasteiger partial charge in [0.1, 0.15) is 6.61 Å². The molecule has 2 aromatic rings. The van der Waals surface area contributed by atoms with Gasteiger partial charge < -0.3 is 30.3 Å². The number of nitrogens with one attached hydrogen (secondary N) is 2. The van der Waals surface area contributed by atoms with Gasteiger partial charge in [0, 0.05) is 75.2 Å². The first-order chi connectivity index (χ1) is 30.0. The van der Waals surface area contributed by atoms with E-state index in [9.17, 15) is 43.8 Å². The second kappa shape index (κ2) is 17.1. The van der Waals surface area contributed by atoms with Crippen molar-refractivity contribution in [2.75, 3.05) is 18.5 Å². The summed E-state index contributed by atoms with van der Waals surface area (Å²) in [6.45, 7) is 6.45. The molecule has 0 spiro atoms. The van der Waals surface area contributed by atoms with Crippen LogP contribution >= 0.6 is 11.8 Å². The minimum Gasteiger partial charge on any atom is -0.393 e. The Morgan fingerprint density at radius 1 is 0.984 bits per heavy atom. The maximum absolute atomic E-state index is 13.9. The summed E-state index contributed by atoms with van der Waals surface area (Å²) in [5.41, 5.74) is -0.432. The second-order valence-electron chi connectivity index (χ2n) is 18.3. The molecule has 1 saturated heterocycles. The Bertz CT molecular complexity index is 2330. The van der Waals surface area contributed by atoms with E-state index in [1.165, 1.54) is 18.7 Å². The van der Waals surface area contributed by atoms with Gasteiger partial charge in [0.05, 0.1) is 18.2 Å². The molecule has 332 valence electrons. The number of nitrogens with zero attached hydrogens (tertiary/aromatic N) is 1. The Labute approximate surface area is 369 Å². The minimum absolute atomic E-state index is 0.0105. The Morgan fingerprint density at radius 2 is 1.71 bits per heavy atom. The number of carbonyl (C=O) groups is 7. The molecule has 63 heavy (non-hydrogen) atoms. The average Bonchev–Trinajstić information content (AvgIpc) is 3.87. The average molecular weight is 880 g/mol. The number of fused-ring (bicyclic) bond motifs is 7. The molecule has 4 fully saturated rings. The third kappa shape index (κ3) is 7.96. The number of anilines is 1. The van der Waals surface area contributed by atoms with Crippen LogP contribution in [0.2, 0.25) is 0 Å². The number of hydrogen-bond donors (Lipinski definition) is 4. The molecule has 3 saturated carbocycles. The Balaban J connectivity index is 0.869. The van der Waals surface area contributed by atoms with Crippen LogP contribution in [0.4, 0.5) is 5.69 Å². The fourth-order valence-electron chi connectivity index (χ4n) is 11.4. The first-order valence-electron chi connectivity index (χ1n) is 21.6. The van der Waals surface area contributed by atoms with Gasteiger partial charge in [-0.3, -0.25) is 38.5 Å². The van der Waals surface area contributed by atoms with Gasteiger partial charge in [-0.1, -0.05) is 62.4 Å². The maximum Gasteiger partial charge on any atom is 0.253 e. The summed E-state index contributed by atoms with van der Waals surface area (Å²) in [5.74, 6) is -3.44. The van der Waals surface area contributed by atoms with Crippen molar-refractivity contribution in [1.29, 1.82) is 0 Å². The molecule has 0 bridgehead atoms. The standard InChI is InChI=1S/C48H53N3O11S/c1-26(20-36(54)27(2)49-40(57)17-19-51-41(58)14-15-42(51)59)44(60)50-30-6-5-7-33(22-30)63-32-11-8-28(9-12-32)45-61-39-23-35-34-13-10-29-21-31(53)16-18-46(29,3)43(34)37(55)24-47(35,4)48(39,62-45)38(56)25-52/h5-9,11-12,14-16,18,21-22,26-27,34-35,37,39,43,45,52,55H,10,13,17,19-20,23-25H2,1-4H3,(H,49,57)(H,50,60)/t26-,27+,34+,35+,37+,39-,43-,45-,46+,47+,48-/m1/s1. The van der Waals surface area contributed by atoms with Gasteiger partial charge in [-0.25, -0.2) is 0 Å². The van der Waals surface area contributed by atoms with Crippen LogP contribution in [0, 0.1) is 34.5 Å². The molecule has 0 unspecified atom stereocenters. The zero-order valence-electron chi connectivity index (χ0n) is 35.7. The lowest BCUT2D eigenvalue weighted by atomic mass is 9.46. The third-order valence-corrected chi connectivity index (χ3v) is 15.6. The number of amides is 4. The number of ether oxygens (including phenoxy) is 2. The molecule has 6 aliphatic rings. The summed E-state index contributed by atoms with van der Waals surface area (Å²) in [6.07, 6.45) is 7.36. The lowest BCUT2D eigenvalue weighted by molar-refractivity contribution is -0.201. The highest BCUT2D eigenvalue weighted by Crippen LogP contribution is 2.70. The zero-order chi connectivity index (χ0) is 45.0. The van der Waals surface area contributed by atoms with Crippen molar-refractivity contribution in [2.45, 2.75) is 106 Å². The lowest BCUT2D eigenvalue weighted by Gasteiger charge is -2.59. The molecular weight excluding hydrogens is 827 g/mol. The van der Waals surface area contributed by atoms with Crippen molar-refractivity contribution in [3.05, 3.63) is 90.0 Å². The number of imide groups is 1. The highest BCUT2D eigenvalue weighted by Gasteiger charge is 2.76. The number of Topliss-reactive ketones (excluding diaryl/α,β-unsaturated/α-hetero) is 2. The summed E-state index contributed by atoms with van der Waals surface area (Å²) in [6, 6.07) is 14.0. The minimum atomic E-state index is -1.45. The molecule has 11 atom stereocenters. The van der Waals surface area contributed by atoms with Crippen molar-refractivity contribution in [1.82, 2.24) is 10.2 Å². The van der Waals surface area contributed by atoms with Gasteiger partial charge in [-0.2, -0.15) is 0 Å². The fraction of sp³-hybridized carbons (Fsp3) is 0.479. The molecule has 2 aliphatic heterocycles. The Hall–Kier alpha value is -5.06. The van der Waals surface area contributed by atoms with E-state index in [-0.39, 0.29) is 54.6 Å². The van der Waals surface area contributed by atoms with E-state index in [1.807, 2.05) is 55.5 Å². The molecular formula is C48H53N3O11S. The van der Waals surface area contributed by atoms with Crippen LogP contribution in [-0.4, -0.2) is 93.1 Å². The number of allylic oxidation sites excluding steroid dienone is 4. The van der Waals surface area contributed by atoms with Crippen LogP contribution < -0.4 is 10.6 Å². The van der Waals surface area contributed by atoms with Crippen LogP contribution in [0.5, 0.6) is 0 Å². The van der Waals surface area contributed by atoms with Crippen LogP contribution in [0.25, 0.3) is 0 Å². The molecule has 4 N–H and O–H groups in total. The van der Waals surface area contributed by atoms with E-state index < -0.39 is 77.0 Å². The molecule has 14 nitrogen and oxygen atoms in total.